The van der Waals surface area contributed by atoms with Gasteiger partial charge in [0.05, 0.1) is 26.4 Å². The van der Waals surface area contributed by atoms with Gasteiger partial charge < -0.3 is 33.8 Å². The summed E-state index contributed by atoms with van der Waals surface area (Å²) >= 11 is 0. The Balaban J connectivity index is 5.23. The second kappa shape index (κ2) is 57.9. The number of hydrogen-bond donors (Lipinski definition) is 3. The summed E-state index contributed by atoms with van der Waals surface area (Å²) in [7, 11) is -9.90. The van der Waals surface area contributed by atoms with Crippen LogP contribution in [0.15, 0.2) is 0 Å². The van der Waals surface area contributed by atoms with Gasteiger partial charge in [-0.25, -0.2) is 9.13 Å². The van der Waals surface area contributed by atoms with Gasteiger partial charge in [-0.3, -0.25) is 37.3 Å². The Bertz CT molecular complexity index is 1730. The third kappa shape index (κ3) is 62.6. The summed E-state index contributed by atoms with van der Waals surface area (Å²) < 4.78 is 68.1. The van der Waals surface area contributed by atoms with E-state index in [2.05, 4.69) is 55.4 Å². The summed E-state index contributed by atoms with van der Waals surface area (Å²) in [6.45, 7) is 14.0. The normalized spacial score (nSPS) is 14.3. The number of carbonyl (C=O) groups excluding carboxylic acids is 4. The average molecular weight is 1280 g/mol. The number of aliphatic hydroxyl groups is 1. The Kier molecular flexibility index (Phi) is 56.6. The van der Waals surface area contributed by atoms with Crippen molar-refractivity contribution in [3.63, 3.8) is 0 Å². The molecule has 0 aliphatic rings. The van der Waals surface area contributed by atoms with Crippen molar-refractivity contribution in [2.24, 2.45) is 23.7 Å². The maximum atomic E-state index is 13.0. The van der Waals surface area contributed by atoms with Crippen LogP contribution in [0.3, 0.4) is 0 Å². The largest absolute Gasteiger partial charge is 0.472 e. The third-order valence-electron chi connectivity index (χ3n) is 15.6. The lowest BCUT2D eigenvalue weighted by Gasteiger charge is -2.21. The fraction of sp³-hybridized carbons (Fsp3) is 0.941. The van der Waals surface area contributed by atoms with Crippen molar-refractivity contribution in [1.82, 2.24) is 0 Å². The van der Waals surface area contributed by atoms with Gasteiger partial charge in [0.15, 0.2) is 12.2 Å². The SMILES string of the molecule is CC(C)CCCCCCCCCCCCCCC(=O)OC[C@H](COP(=O)(O)OC[C@@H](O)COP(=O)(O)OC[C@@H](COC(=O)CCCCCCCCC(C)C)OC(=O)CCCCCCCCCCCC(C)C)OC(=O)CCCCCCCCCCC(C)C. The molecule has 0 aromatic carbocycles. The number of aliphatic hydroxyl groups excluding tert-OH is 1. The van der Waals surface area contributed by atoms with E-state index in [4.69, 9.17) is 37.0 Å². The van der Waals surface area contributed by atoms with Crippen LogP contribution in [0.4, 0.5) is 0 Å². The van der Waals surface area contributed by atoms with E-state index in [0.717, 1.165) is 114 Å². The van der Waals surface area contributed by atoms with E-state index in [1.807, 2.05) is 0 Å². The lowest BCUT2D eigenvalue weighted by Crippen LogP contribution is -2.30. The van der Waals surface area contributed by atoms with E-state index in [-0.39, 0.29) is 25.7 Å². The first-order valence-electron chi connectivity index (χ1n) is 35.2. The van der Waals surface area contributed by atoms with Crippen LogP contribution in [0.5, 0.6) is 0 Å². The highest BCUT2D eigenvalue weighted by atomic mass is 31.2. The Morgan fingerprint density at radius 3 is 0.713 bits per heavy atom. The van der Waals surface area contributed by atoms with Crippen molar-refractivity contribution in [2.75, 3.05) is 39.6 Å². The molecule has 0 saturated carbocycles. The summed E-state index contributed by atoms with van der Waals surface area (Å²) in [5.41, 5.74) is 0. The van der Waals surface area contributed by atoms with E-state index in [0.29, 0.717) is 31.6 Å². The number of esters is 4. The Hall–Kier alpha value is -1.94. The molecule has 19 heteroatoms. The van der Waals surface area contributed by atoms with Crippen molar-refractivity contribution < 1.29 is 80.2 Å². The fourth-order valence-corrected chi connectivity index (χ4v) is 11.7. The second-order valence-electron chi connectivity index (χ2n) is 26.5. The minimum absolute atomic E-state index is 0.104. The molecule has 0 fully saturated rings. The number of rotatable bonds is 65. The Morgan fingerprint density at radius 1 is 0.287 bits per heavy atom. The van der Waals surface area contributed by atoms with Crippen molar-refractivity contribution in [1.29, 1.82) is 0 Å². The van der Waals surface area contributed by atoms with Crippen LogP contribution >= 0.6 is 15.6 Å². The molecule has 516 valence electrons. The first-order chi connectivity index (χ1) is 41.6. The molecule has 0 bridgehead atoms. The predicted molar refractivity (Wildman–Crippen MR) is 349 cm³/mol. The zero-order valence-electron chi connectivity index (χ0n) is 56.6. The highest BCUT2D eigenvalue weighted by molar-refractivity contribution is 7.47. The van der Waals surface area contributed by atoms with Crippen LogP contribution in [0.1, 0.15) is 331 Å². The van der Waals surface area contributed by atoms with Crippen LogP contribution in [-0.2, 0) is 65.4 Å². The molecule has 0 aromatic heterocycles. The van der Waals surface area contributed by atoms with Gasteiger partial charge in [-0.2, -0.15) is 0 Å². The fourth-order valence-electron chi connectivity index (χ4n) is 10.1. The van der Waals surface area contributed by atoms with Gasteiger partial charge >= 0.3 is 39.5 Å². The Morgan fingerprint density at radius 2 is 0.483 bits per heavy atom. The smallest absolute Gasteiger partial charge is 0.462 e. The van der Waals surface area contributed by atoms with Gasteiger partial charge in [0.1, 0.15) is 19.3 Å². The molecule has 0 amide bonds. The number of phosphoric ester groups is 2. The molecular formula is C68H132O17P2. The molecule has 0 aliphatic heterocycles. The van der Waals surface area contributed by atoms with Gasteiger partial charge in [0, 0.05) is 25.7 Å². The molecule has 3 N–H and O–H groups in total. The molecule has 0 radical (unpaired) electrons. The zero-order valence-corrected chi connectivity index (χ0v) is 58.4. The van der Waals surface area contributed by atoms with Gasteiger partial charge in [-0.15, -0.1) is 0 Å². The predicted octanol–water partition coefficient (Wildman–Crippen LogP) is 18.9. The molecule has 2 unspecified atom stereocenters. The first-order valence-corrected chi connectivity index (χ1v) is 38.2. The van der Waals surface area contributed by atoms with E-state index in [1.54, 1.807) is 0 Å². The minimum Gasteiger partial charge on any atom is -0.462 e. The molecule has 0 heterocycles. The standard InChI is InChI=1S/C68H132O17P2/c1-58(2)44-36-28-20-14-11-9-10-12-16-23-32-40-48-65(70)78-54-63(85-68(73)51-43-35-25-19-18-22-30-38-46-60(5)6)56-82-86(74,75)80-52-62(69)53-81-87(76,77)83-57-64(55-79-66(71)49-41-33-27-26-31-39-47-61(7)8)84-67(72)50-42-34-24-17-13-15-21-29-37-45-59(3)4/h58-64,69H,9-57H2,1-8H3,(H,74,75)(H,76,77)/t62-,63-,64-/m1/s1. The van der Waals surface area contributed by atoms with Gasteiger partial charge in [0.25, 0.3) is 0 Å². The minimum atomic E-state index is -4.95. The van der Waals surface area contributed by atoms with Crippen LogP contribution in [0.2, 0.25) is 0 Å². The summed E-state index contributed by atoms with van der Waals surface area (Å²) in [6.07, 6.45) is 39.1. The highest BCUT2D eigenvalue weighted by Crippen LogP contribution is 2.45. The van der Waals surface area contributed by atoms with Gasteiger partial charge in [-0.1, -0.05) is 280 Å². The number of carbonyl (C=O) groups is 4. The van der Waals surface area contributed by atoms with Crippen molar-refractivity contribution in [2.45, 2.75) is 350 Å². The topological polar surface area (TPSA) is 237 Å². The summed E-state index contributed by atoms with van der Waals surface area (Å²) in [4.78, 5) is 72.4. The molecule has 0 saturated heterocycles. The maximum absolute atomic E-state index is 13.0. The van der Waals surface area contributed by atoms with Gasteiger partial charge in [0.2, 0.25) is 0 Å². The van der Waals surface area contributed by atoms with E-state index < -0.39 is 97.5 Å². The molecule has 0 spiro atoms. The molecule has 0 aliphatic carbocycles. The lowest BCUT2D eigenvalue weighted by atomic mass is 10.0. The monoisotopic (exact) mass is 1280 g/mol. The van der Waals surface area contributed by atoms with Crippen molar-refractivity contribution in [3.8, 4) is 0 Å². The summed E-state index contributed by atoms with van der Waals surface area (Å²) in [5, 5.41) is 10.6. The zero-order chi connectivity index (χ0) is 64.7. The van der Waals surface area contributed by atoms with Crippen LogP contribution < -0.4 is 0 Å². The Labute approximate surface area is 530 Å². The molecule has 0 aromatic rings. The van der Waals surface area contributed by atoms with Crippen LogP contribution in [0, 0.1) is 23.7 Å². The first kappa shape index (κ1) is 85.1. The van der Waals surface area contributed by atoms with E-state index >= 15 is 0 Å². The number of unbranched alkanes of at least 4 members (excludes halogenated alkanes) is 31. The number of phosphoric acid groups is 2. The quantitative estimate of drug-likeness (QED) is 0.0222. The number of hydrogen-bond acceptors (Lipinski definition) is 15. The molecule has 87 heavy (non-hydrogen) atoms. The van der Waals surface area contributed by atoms with E-state index in [1.165, 1.54) is 128 Å². The average Bonchev–Trinajstić information content (AvgIpc) is 3.48. The molecular weight excluding hydrogens is 1150 g/mol. The summed E-state index contributed by atoms with van der Waals surface area (Å²) in [5.74, 6) is 0.780. The summed E-state index contributed by atoms with van der Waals surface area (Å²) in [6, 6.07) is 0. The van der Waals surface area contributed by atoms with E-state index in [9.17, 15) is 43.2 Å². The van der Waals surface area contributed by atoms with Crippen LogP contribution in [-0.4, -0.2) is 96.7 Å². The maximum Gasteiger partial charge on any atom is 0.472 e. The highest BCUT2D eigenvalue weighted by Gasteiger charge is 2.30. The molecule has 0 rings (SSSR count). The third-order valence-corrected chi connectivity index (χ3v) is 17.5. The second-order valence-corrected chi connectivity index (χ2v) is 29.4. The molecule has 17 nitrogen and oxygen atoms in total. The number of ether oxygens (including phenoxy) is 4. The molecule has 5 atom stereocenters. The van der Waals surface area contributed by atoms with Gasteiger partial charge in [-0.05, 0) is 49.4 Å². The van der Waals surface area contributed by atoms with Crippen LogP contribution in [0.25, 0.3) is 0 Å². The van der Waals surface area contributed by atoms with Crippen molar-refractivity contribution in [3.05, 3.63) is 0 Å². The van der Waals surface area contributed by atoms with Crippen molar-refractivity contribution >= 4 is 39.5 Å². The lowest BCUT2D eigenvalue weighted by molar-refractivity contribution is -0.161.